The van der Waals surface area contributed by atoms with Gasteiger partial charge in [-0.05, 0) is 38.9 Å². The second-order valence-electron chi connectivity index (χ2n) is 5.26. The molecule has 2 fully saturated rings. The van der Waals surface area contributed by atoms with Gasteiger partial charge in [-0.1, -0.05) is 6.92 Å². The van der Waals surface area contributed by atoms with E-state index in [4.69, 9.17) is 4.74 Å². The van der Waals surface area contributed by atoms with Crippen LogP contribution in [0.2, 0.25) is 0 Å². The second kappa shape index (κ2) is 4.27. The van der Waals surface area contributed by atoms with Gasteiger partial charge in [0, 0.05) is 19.1 Å². The summed E-state index contributed by atoms with van der Waals surface area (Å²) in [7, 11) is 0. The van der Waals surface area contributed by atoms with Gasteiger partial charge in [-0.3, -0.25) is 0 Å². The lowest BCUT2D eigenvalue weighted by Crippen LogP contribution is -2.58. The van der Waals surface area contributed by atoms with Gasteiger partial charge in [0.15, 0.2) is 0 Å². The van der Waals surface area contributed by atoms with Crippen molar-refractivity contribution in [3.8, 4) is 0 Å². The van der Waals surface area contributed by atoms with Crippen LogP contribution in [0.5, 0.6) is 0 Å². The number of ether oxygens (including phenoxy) is 1. The van der Waals surface area contributed by atoms with Crippen LogP contribution in [0, 0.1) is 0 Å². The third kappa shape index (κ3) is 2.51. The molecule has 2 aliphatic rings. The fourth-order valence-electron chi connectivity index (χ4n) is 2.67. The van der Waals surface area contributed by atoms with Crippen molar-refractivity contribution in [2.24, 2.45) is 0 Å². The maximum atomic E-state index is 5.92. The van der Waals surface area contributed by atoms with Crippen molar-refractivity contribution < 1.29 is 4.74 Å². The van der Waals surface area contributed by atoms with Crippen molar-refractivity contribution >= 4 is 11.8 Å². The van der Waals surface area contributed by atoms with Crippen LogP contribution in [0.3, 0.4) is 0 Å². The first-order valence-corrected chi connectivity index (χ1v) is 7.12. The minimum atomic E-state index is 0.0926. The van der Waals surface area contributed by atoms with E-state index in [0.29, 0.717) is 10.9 Å². The van der Waals surface area contributed by atoms with Crippen LogP contribution >= 0.6 is 11.8 Å². The van der Waals surface area contributed by atoms with Crippen LogP contribution in [0.15, 0.2) is 0 Å². The highest BCUT2D eigenvalue weighted by Crippen LogP contribution is 2.43. The molecular formula is C12H23NOS. The molecule has 0 aromatic rings. The number of rotatable bonds is 1. The molecule has 2 saturated heterocycles. The van der Waals surface area contributed by atoms with Gasteiger partial charge in [-0.15, -0.1) is 11.8 Å². The lowest BCUT2D eigenvalue weighted by atomic mass is 9.88. The minimum absolute atomic E-state index is 0.0926. The lowest BCUT2D eigenvalue weighted by molar-refractivity contribution is -0.0857. The van der Waals surface area contributed by atoms with Crippen LogP contribution in [-0.4, -0.2) is 28.9 Å². The zero-order valence-electron chi connectivity index (χ0n) is 10.1. The highest BCUT2D eigenvalue weighted by molar-refractivity contribution is 8.00. The first kappa shape index (κ1) is 11.7. The molecule has 2 aliphatic heterocycles. The molecule has 2 heterocycles. The molecule has 88 valence electrons. The maximum Gasteiger partial charge on any atom is 0.0696 e. The fraction of sp³-hybridized carbons (Fsp3) is 1.00. The lowest BCUT2D eigenvalue weighted by Gasteiger charge is -2.49. The number of thioether (sulfide) groups is 1. The van der Waals surface area contributed by atoms with E-state index in [1.807, 2.05) is 0 Å². The molecule has 0 bridgehead atoms. The number of hydrogen-bond donors (Lipinski definition) is 1. The van der Waals surface area contributed by atoms with Crippen LogP contribution < -0.4 is 5.32 Å². The van der Waals surface area contributed by atoms with Crippen molar-refractivity contribution in [1.82, 2.24) is 5.32 Å². The summed E-state index contributed by atoms with van der Waals surface area (Å²) in [6.45, 7) is 7.71. The van der Waals surface area contributed by atoms with Crippen LogP contribution in [-0.2, 0) is 4.74 Å². The minimum Gasteiger partial charge on any atom is -0.375 e. The molecule has 0 aromatic heterocycles. The van der Waals surface area contributed by atoms with Crippen molar-refractivity contribution in [3.05, 3.63) is 0 Å². The van der Waals surface area contributed by atoms with Gasteiger partial charge in [0.2, 0.25) is 0 Å². The zero-order valence-corrected chi connectivity index (χ0v) is 11.0. The predicted octanol–water partition coefficient (Wildman–Crippen LogP) is 2.78. The smallest absolute Gasteiger partial charge is 0.0696 e. The van der Waals surface area contributed by atoms with E-state index in [2.05, 4.69) is 37.8 Å². The zero-order chi connectivity index (χ0) is 10.9. The van der Waals surface area contributed by atoms with Gasteiger partial charge < -0.3 is 10.1 Å². The molecule has 1 N–H and O–H groups in total. The molecule has 0 aromatic carbocycles. The molecule has 0 radical (unpaired) electrons. The molecule has 0 amide bonds. The van der Waals surface area contributed by atoms with Gasteiger partial charge in [0.25, 0.3) is 0 Å². The monoisotopic (exact) mass is 229 g/mol. The van der Waals surface area contributed by atoms with Crippen molar-refractivity contribution in [2.45, 2.75) is 63.0 Å². The van der Waals surface area contributed by atoms with Crippen LogP contribution in [0.4, 0.5) is 0 Å². The molecular weight excluding hydrogens is 206 g/mol. The molecule has 3 heteroatoms. The number of nitrogens with one attached hydrogen (secondary N) is 1. The highest BCUT2D eigenvalue weighted by atomic mass is 32.2. The van der Waals surface area contributed by atoms with E-state index in [1.54, 1.807) is 0 Å². The normalized spacial score (nSPS) is 47.0. The average molecular weight is 229 g/mol. The standard InChI is InChI=1S/C12H23NOS/c1-4-11(3)9-12(6-7-14-11)13-10(2)5-8-15-12/h10,13H,4-9H2,1-3H3. The topological polar surface area (TPSA) is 21.3 Å². The van der Waals surface area contributed by atoms with Crippen molar-refractivity contribution in [1.29, 1.82) is 0 Å². The number of hydrogen-bond acceptors (Lipinski definition) is 3. The second-order valence-corrected chi connectivity index (χ2v) is 6.73. The Balaban J connectivity index is 2.07. The van der Waals surface area contributed by atoms with Gasteiger partial charge >= 0.3 is 0 Å². The third-order valence-corrected chi connectivity index (χ3v) is 5.26. The Labute approximate surface area is 97.5 Å². The van der Waals surface area contributed by atoms with Crippen LogP contribution in [0.1, 0.15) is 46.5 Å². The molecule has 3 atom stereocenters. The Hall–Kier alpha value is 0.270. The van der Waals surface area contributed by atoms with E-state index < -0.39 is 0 Å². The quantitative estimate of drug-likeness (QED) is 0.747. The van der Waals surface area contributed by atoms with Crippen LogP contribution in [0.25, 0.3) is 0 Å². The van der Waals surface area contributed by atoms with E-state index >= 15 is 0 Å². The summed E-state index contributed by atoms with van der Waals surface area (Å²) in [6.07, 6.45) is 4.74. The SMILES string of the molecule is CCC1(C)CC2(CCO1)NC(C)CCS2. The summed E-state index contributed by atoms with van der Waals surface area (Å²) in [5.41, 5.74) is 0.0926. The van der Waals surface area contributed by atoms with Gasteiger partial charge in [-0.25, -0.2) is 0 Å². The van der Waals surface area contributed by atoms with Crippen molar-refractivity contribution in [2.75, 3.05) is 12.4 Å². The fourth-order valence-corrected chi connectivity index (χ4v) is 4.45. The van der Waals surface area contributed by atoms with Crippen molar-refractivity contribution in [3.63, 3.8) is 0 Å². The maximum absolute atomic E-state index is 5.92. The van der Waals surface area contributed by atoms with E-state index in [9.17, 15) is 0 Å². The Morgan fingerprint density at radius 2 is 2.33 bits per heavy atom. The molecule has 1 spiro atoms. The third-order valence-electron chi connectivity index (χ3n) is 3.80. The summed E-state index contributed by atoms with van der Waals surface area (Å²) in [5.74, 6) is 1.30. The Kier molecular flexibility index (Phi) is 3.34. The molecule has 0 saturated carbocycles. The molecule has 3 unspecified atom stereocenters. The largest absolute Gasteiger partial charge is 0.375 e. The summed E-state index contributed by atoms with van der Waals surface area (Å²) < 4.78 is 5.92. The predicted molar refractivity (Wildman–Crippen MR) is 66.3 cm³/mol. The Morgan fingerprint density at radius 1 is 1.53 bits per heavy atom. The Bertz CT molecular complexity index is 232. The van der Waals surface area contributed by atoms with Gasteiger partial charge in [0.1, 0.15) is 0 Å². The van der Waals surface area contributed by atoms with E-state index in [1.165, 1.54) is 12.2 Å². The summed E-state index contributed by atoms with van der Waals surface area (Å²) in [5, 5.41) is 3.80. The average Bonchev–Trinajstić information content (AvgIpc) is 2.17. The highest BCUT2D eigenvalue weighted by Gasteiger charge is 2.44. The first-order valence-electron chi connectivity index (χ1n) is 6.13. The van der Waals surface area contributed by atoms with E-state index in [0.717, 1.165) is 25.9 Å². The molecule has 0 aliphatic carbocycles. The first-order chi connectivity index (χ1) is 7.08. The molecule has 2 nitrogen and oxygen atoms in total. The molecule has 15 heavy (non-hydrogen) atoms. The molecule has 2 rings (SSSR count). The van der Waals surface area contributed by atoms with Gasteiger partial charge in [0.05, 0.1) is 10.5 Å². The Morgan fingerprint density at radius 3 is 3.00 bits per heavy atom. The van der Waals surface area contributed by atoms with Gasteiger partial charge in [-0.2, -0.15) is 0 Å². The summed E-state index contributed by atoms with van der Waals surface area (Å²) in [6, 6.07) is 0.672. The van der Waals surface area contributed by atoms with E-state index in [-0.39, 0.29) is 5.60 Å². The summed E-state index contributed by atoms with van der Waals surface area (Å²) in [4.78, 5) is 0.306. The summed E-state index contributed by atoms with van der Waals surface area (Å²) >= 11 is 2.12.